The Morgan fingerprint density at radius 1 is 1.06 bits per heavy atom. The third-order valence-electron chi connectivity index (χ3n) is 3.15. The first-order valence-electron chi connectivity index (χ1n) is 6.57. The van der Waals surface area contributed by atoms with E-state index >= 15 is 0 Å². The van der Waals surface area contributed by atoms with E-state index in [2.05, 4.69) is 46.0 Å². The van der Waals surface area contributed by atoms with Gasteiger partial charge in [-0.3, -0.25) is 4.79 Å². The van der Waals surface area contributed by atoms with E-state index in [-0.39, 0.29) is 11.3 Å². The third-order valence-corrected chi connectivity index (χ3v) is 3.15. The van der Waals surface area contributed by atoms with Gasteiger partial charge in [-0.25, -0.2) is 0 Å². The molecule has 0 fully saturated rings. The van der Waals surface area contributed by atoms with Gasteiger partial charge in [-0.2, -0.15) is 0 Å². The number of nitrogens with one attached hydrogen (secondary N) is 1. The predicted molar refractivity (Wildman–Crippen MR) is 77.4 cm³/mol. The average molecular weight is 247 g/mol. The van der Waals surface area contributed by atoms with E-state index < -0.39 is 0 Å². The summed E-state index contributed by atoms with van der Waals surface area (Å²) >= 11 is 0. The molecule has 100 valence electrons. The van der Waals surface area contributed by atoms with Crippen LogP contribution in [0.1, 0.15) is 54.2 Å². The minimum absolute atomic E-state index is 0.0680. The van der Waals surface area contributed by atoms with Crippen LogP contribution in [0.15, 0.2) is 12.1 Å². The Morgan fingerprint density at radius 2 is 1.61 bits per heavy atom. The summed E-state index contributed by atoms with van der Waals surface area (Å²) in [7, 11) is 0. The molecule has 1 aromatic rings. The number of Topliss-reactive ketones (excluding diaryl/α,β-unsaturated/α-hetero) is 1. The fraction of sp³-hybridized carbons (Fsp3) is 0.562. The SMILES string of the molecule is Cc1cc(C)c(C(=O)CCNC(C)(C)C)cc1C. The van der Waals surface area contributed by atoms with Crippen molar-refractivity contribution < 1.29 is 4.79 Å². The highest BCUT2D eigenvalue weighted by Crippen LogP contribution is 2.16. The van der Waals surface area contributed by atoms with Crippen LogP contribution in [0.3, 0.4) is 0 Å². The number of rotatable bonds is 4. The predicted octanol–water partition coefficient (Wildman–Crippen LogP) is 3.57. The van der Waals surface area contributed by atoms with Gasteiger partial charge in [0, 0.05) is 24.1 Å². The van der Waals surface area contributed by atoms with Crippen LogP contribution in [0.5, 0.6) is 0 Å². The van der Waals surface area contributed by atoms with Crippen LogP contribution in [0.4, 0.5) is 0 Å². The highest BCUT2D eigenvalue weighted by atomic mass is 16.1. The van der Waals surface area contributed by atoms with E-state index in [4.69, 9.17) is 0 Å². The Hall–Kier alpha value is -1.15. The molecule has 0 saturated heterocycles. The van der Waals surface area contributed by atoms with Gasteiger partial charge < -0.3 is 5.32 Å². The first kappa shape index (κ1) is 14.9. The monoisotopic (exact) mass is 247 g/mol. The van der Waals surface area contributed by atoms with Crippen molar-refractivity contribution in [3.8, 4) is 0 Å². The van der Waals surface area contributed by atoms with Gasteiger partial charge >= 0.3 is 0 Å². The largest absolute Gasteiger partial charge is 0.312 e. The van der Waals surface area contributed by atoms with Crippen molar-refractivity contribution >= 4 is 5.78 Å². The van der Waals surface area contributed by atoms with Crippen molar-refractivity contribution in [2.45, 2.75) is 53.5 Å². The van der Waals surface area contributed by atoms with Gasteiger partial charge in [0.1, 0.15) is 0 Å². The van der Waals surface area contributed by atoms with Crippen LogP contribution in [-0.4, -0.2) is 17.9 Å². The first-order chi connectivity index (χ1) is 8.20. The quantitative estimate of drug-likeness (QED) is 0.824. The molecule has 0 aliphatic rings. The summed E-state index contributed by atoms with van der Waals surface area (Å²) in [4.78, 5) is 12.2. The Bertz CT molecular complexity index is 441. The molecule has 0 bridgehead atoms. The van der Waals surface area contributed by atoms with Crippen molar-refractivity contribution in [1.82, 2.24) is 5.32 Å². The van der Waals surface area contributed by atoms with Crippen molar-refractivity contribution in [2.24, 2.45) is 0 Å². The maximum absolute atomic E-state index is 12.2. The van der Waals surface area contributed by atoms with Crippen molar-refractivity contribution in [1.29, 1.82) is 0 Å². The molecule has 0 spiro atoms. The van der Waals surface area contributed by atoms with Crippen LogP contribution in [0, 0.1) is 20.8 Å². The topological polar surface area (TPSA) is 29.1 Å². The van der Waals surface area contributed by atoms with Gasteiger partial charge in [0.15, 0.2) is 5.78 Å². The van der Waals surface area contributed by atoms with Gasteiger partial charge in [-0.15, -0.1) is 0 Å². The summed E-state index contributed by atoms with van der Waals surface area (Å²) < 4.78 is 0. The average Bonchev–Trinajstić information content (AvgIpc) is 2.21. The third kappa shape index (κ3) is 4.26. The number of aryl methyl sites for hydroxylation is 3. The van der Waals surface area contributed by atoms with Crippen molar-refractivity contribution in [3.05, 3.63) is 34.4 Å². The van der Waals surface area contributed by atoms with Crippen LogP contribution in [-0.2, 0) is 0 Å². The van der Waals surface area contributed by atoms with Gasteiger partial charge in [0.25, 0.3) is 0 Å². The van der Waals surface area contributed by atoms with Crippen molar-refractivity contribution in [2.75, 3.05) is 6.54 Å². The van der Waals surface area contributed by atoms with Gasteiger partial charge in [-0.1, -0.05) is 6.07 Å². The Morgan fingerprint density at radius 3 is 2.17 bits per heavy atom. The highest BCUT2D eigenvalue weighted by Gasteiger charge is 2.13. The normalized spacial score (nSPS) is 11.7. The van der Waals surface area contributed by atoms with E-state index in [0.29, 0.717) is 6.42 Å². The molecule has 1 aromatic carbocycles. The molecule has 0 aliphatic carbocycles. The van der Waals surface area contributed by atoms with Crippen LogP contribution < -0.4 is 5.32 Å². The molecule has 1 rings (SSSR count). The zero-order chi connectivity index (χ0) is 13.9. The van der Waals surface area contributed by atoms with Crippen LogP contribution >= 0.6 is 0 Å². The summed E-state index contributed by atoms with van der Waals surface area (Å²) in [5.74, 6) is 0.229. The maximum atomic E-state index is 12.2. The first-order valence-corrected chi connectivity index (χ1v) is 6.57. The van der Waals surface area contributed by atoms with Gasteiger partial charge in [0.05, 0.1) is 0 Å². The summed E-state index contributed by atoms with van der Waals surface area (Å²) in [6.07, 6.45) is 0.556. The second kappa shape index (κ2) is 5.66. The number of hydrogen-bond acceptors (Lipinski definition) is 2. The highest BCUT2D eigenvalue weighted by molar-refractivity contribution is 5.97. The number of hydrogen-bond donors (Lipinski definition) is 1. The molecule has 0 radical (unpaired) electrons. The lowest BCUT2D eigenvalue weighted by Crippen LogP contribution is -2.37. The molecule has 2 heteroatoms. The lowest BCUT2D eigenvalue weighted by molar-refractivity contribution is 0.0980. The zero-order valence-electron chi connectivity index (χ0n) is 12.5. The fourth-order valence-electron chi connectivity index (χ4n) is 1.95. The molecule has 0 saturated carbocycles. The van der Waals surface area contributed by atoms with E-state index in [1.165, 1.54) is 11.1 Å². The molecule has 0 atom stereocenters. The molecule has 0 unspecified atom stereocenters. The number of benzene rings is 1. The second-order valence-electron chi connectivity index (χ2n) is 6.10. The van der Waals surface area contributed by atoms with Gasteiger partial charge in [0.2, 0.25) is 0 Å². The van der Waals surface area contributed by atoms with Gasteiger partial charge in [-0.05, 0) is 64.3 Å². The zero-order valence-corrected chi connectivity index (χ0v) is 12.5. The number of ketones is 1. The van der Waals surface area contributed by atoms with E-state index in [1.54, 1.807) is 0 Å². The number of carbonyl (C=O) groups is 1. The minimum atomic E-state index is 0.0680. The summed E-state index contributed by atoms with van der Waals surface area (Å²) in [5.41, 5.74) is 4.45. The molecule has 0 aromatic heterocycles. The lowest BCUT2D eigenvalue weighted by Gasteiger charge is -2.20. The lowest BCUT2D eigenvalue weighted by atomic mass is 9.96. The molecular formula is C16H25NO. The Labute approximate surface area is 111 Å². The molecule has 0 aliphatic heterocycles. The fourth-order valence-corrected chi connectivity index (χ4v) is 1.95. The molecule has 18 heavy (non-hydrogen) atoms. The van der Waals surface area contributed by atoms with Crippen molar-refractivity contribution in [3.63, 3.8) is 0 Å². The molecule has 2 nitrogen and oxygen atoms in total. The Kier molecular flexibility index (Phi) is 4.69. The standard InChI is InChI=1S/C16H25NO/c1-11-9-13(3)14(10-12(11)2)15(18)7-8-17-16(4,5)6/h9-10,17H,7-8H2,1-6H3. The molecule has 0 amide bonds. The summed E-state index contributed by atoms with van der Waals surface area (Å²) in [6.45, 7) is 13.2. The summed E-state index contributed by atoms with van der Waals surface area (Å²) in [6, 6.07) is 4.11. The van der Waals surface area contributed by atoms with Crippen LogP contribution in [0.2, 0.25) is 0 Å². The van der Waals surface area contributed by atoms with E-state index in [9.17, 15) is 4.79 Å². The van der Waals surface area contributed by atoms with E-state index in [0.717, 1.165) is 17.7 Å². The maximum Gasteiger partial charge on any atom is 0.164 e. The molecule has 1 N–H and O–H groups in total. The second-order valence-corrected chi connectivity index (χ2v) is 6.10. The number of carbonyl (C=O) groups excluding carboxylic acids is 1. The minimum Gasteiger partial charge on any atom is -0.312 e. The molecular weight excluding hydrogens is 222 g/mol. The van der Waals surface area contributed by atoms with Crippen LogP contribution in [0.25, 0.3) is 0 Å². The Balaban J connectivity index is 2.70. The van der Waals surface area contributed by atoms with E-state index in [1.807, 2.05) is 13.0 Å². The summed E-state index contributed by atoms with van der Waals surface area (Å²) in [5, 5.41) is 3.35. The smallest absolute Gasteiger partial charge is 0.164 e. The molecule has 0 heterocycles.